The number of ether oxygens (including phenoxy) is 2. The van der Waals surface area contributed by atoms with Gasteiger partial charge >= 0.3 is 5.97 Å². The number of esters is 1. The molecule has 0 aromatic heterocycles. The molecule has 0 amide bonds. The molecule has 0 spiro atoms. The molecule has 0 saturated heterocycles. The molecule has 0 rings (SSSR count). The zero-order valence-electron chi connectivity index (χ0n) is 8.63. The van der Waals surface area contributed by atoms with E-state index in [9.17, 15) is 4.79 Å². The van der Waals surface area contributed by atoms with E-state index in [0.29, 0.717) is 13.2 Å². The molecule has 3 heteroatoms. The molecule has 0 fully saturated rings. The lowest BCUT2D eigenvalue weighted by Crippen LogP contribution is -2.07. The number of carbonyl (C=O) groups excluding carboxylic acids is 1. The molecule has 0 radical (unpaired) electrons. The van der Waals surface area contributed by atoms with Crippen LogP contribution in [0.2, 0.25) is 0 Å². The number of carbonyl (C=O) groups is 1. The predicted octanol–water partition coefficient (Wildman–Crippen LogP) is 1.92. The van der Waals surface area contributed by atoms with Gasteiger partial charge in [-0.3, -0.25) is 0 Å². The van der Waals surface area contributed by atoms with E-state index in [4.69, 9.17) is 9.47 Å². The van der Waals surface area contributed by atoms with Crippen LogP contribution in [0.1, 0.15) is 26.7 Å². The zero-order valence-corrected chi connectivity index (χ0v) is 8.63. The highest BCUT2D eigenvalue weighted by molar-refractivity contribution is 5.82. The third kappa shape index (κ3) is 7.53. The second kappa shape index (κ2) is 7.80. The van der Waals surface area contributed by atoms with Crippen molar-refractivity contribution in [2.75, 3.05) is 20.3 Å². The molecule has 0 aromatic rings. The van der Waals surface area contributed by atoms with Gasteiger partial charge < -0.3 is 9.47 Å². The van der Waals surface area contributed by atoms with Gasteiger partial charge in [0.2, 0.25) is 0 Å². The highest BCUT2D eigenvalue weighted by Crippen LogP contribution is 2.02. The quantitative estimate of drug-likeness (QED) is 0.361. The number of hydrogen-bond donors (Lipinski definition) is 0. The maximum Gasteiger partial charge on any atom is 0.330 e. The van der Waals surface area contributed by atoms with Crippen molar-refractivity contribution in [3.63, 3.8) is 0 Å². The van der Waals surface area contributed by atoms with Gasteiger partial charge in [0.1, 0.15) is 6.61 Å². The normalized spacial score (nSPS) is 11.5. The molecular weight excluding hydrogens is 168 g/mol. The van der Waals surface area contributed by atoms with Gasteiger partial charge in [-0.05, 0) is 13.3 Å². The van der Waals surface area contributed by atoms with E-state index in [0.717, 1.165) is 18.4 Å². The van der Waals surface area contributed by atoms with Crippen molar-refractivity contribution < 1.29 is 14.3 Å². The van der Waals surface area contributed by atoms with Crippen molar-refractivity contribution in [2.45, 2.75) is 26.7 Å². The lowest BCUT2D eigenvalue weighted by atomic mass is 10.2. The largest absolute Gasteiger partial charge is 0.460 e. The van der Waals surface area contributed by atoms with E-state index < -0.39 is 0 Å². The van der Waals surface area contributed by atoms with Crippen molar-refractivity contribution in [1.29, 1.82) is 0 Å². The Morgan fingerprint density at radius 1 is 1.38 bits per heavy atom. The Bertz CT molecular complexity index is 173. The van der Waals surface area contributed by atoms with Gasteiger partial charge in [0, 0.05) is 13.2 Å². The van der Waals surface area contributed by atoms with Gasteiger partial charge in [-0.15, -0.1) is 0 Å². The number of allylic oxidation sites excluding steroid dienone is 1. The van der Waals surface area contributed by atoms with E-state index in [-0.39, 0.29) is 5.97 Å². The van der Waals surface area contributed by atoms with E-state index in [2.05, 4.69) is 6.92 Å². The summed E-state index contributed by atoms with van der Waals surface area (Å²) in [6.45, 7) is 4.78. The van der Waals surface area contributed by atoms with Crippen molar-refractivity contribution >= 4 is 5.97 Å². The van der Waals surface area contributed by atoms with E-state index in [1.54, 1.807) is 13.2 Å². The first kappa shape index (κ1) is 12.2. The third-order valence-electron chi connectivity index (χ3n) is 1.54. The van der Waals surface area contributed by atoms with Gasteiger partial charge in [-0.25, -0.2) is 4.79 Å². The van der Waals surface area contributed by atoms with Gasteiger partial charge in [0.05, 0.1) is 6.61 Å². The summed E-state index contributed by atoms with van der Waals surface area (Å²) >= 11 is 0. The molecule has 0 atom stereocenters. The first-order valence-electron chi connectivity index (χ1n) is 4.53. The van der Waals surface area contributed by atoms with Crippen molar-refractivity contribution in [3.05, 3.63) is 11.6 Å². The molecule has 0 unspecified atom stereocenters. The molecular formula is C10H18O3. The maximum atomic E-state index is 11.0. The van der Waals surface area contributed by atoms with Gasteiger partial charge in [0.25, 0.3) is 0 Å². The smallest absolute Gasteiger partial charge is 0.330 e. The Morgan fingerprint density at radius 3 is 2.62 bits per heavy atom. The average Bonchev–Trinajstić information content (AvgIpc) is 2.05. The van der Waals surface area contributed by atoms with E-state index >= 15 is 0 Å². The zero-order chi connectivity index (χ0) is 10.1. The minimum Gasteiger partial charge on any atom is -0.460 e. The highest BCUT2D eigenvalue weighted by Gasteiger charge is 1.98. The van der Waals surface area contributed by atoms with Crippen LogP contribution in [0.5, 0.6) is 0 Å². The third-order valence-corrected chi connectivity index (χ3v) is 1.54. The second-order valence-corrected chi connectivity index (χ2v) is 2.90. The van der Waals surface area contributed by atoms with Gasteiger partial charge in [0.15, 0.2) is 0 Å². The van der Waals surface area contributed by atoms with Gasteiger partial charge in [-0.2, -0.15) is 0 Å². The summed E-state index contributed by atoms with van der Waals surface area (Å²) in [5.41, 5.74) is 1.06. The minimum atomic E-state index is -0.275. The lowest BCUT2D eigenvalue weighted by Gasteiger charge is -2.01. The van der Waals surface area contributed by atoms with Crippen molar-refractivity contribution in [2.24, 2.45) is 0 Å². The lowest BCUT2D eigenvalue weighted by molar-refractivity contribution is -0.139. The molecule has 3 nitrogen and oxygen atoms in total. The monoisotopic (exact) mass is 186 g/mol. The molecule has 0 heterocycles. The first-order chi connectivity index (χ1) is 6.20. The second-order valence-electron chi connectivity index (χ2n) is 2.90. The SMILES string of the molecule is CCCC(C)=CC(=O)OCCOC. The fourth-order valence-corrected chi connectivity index (χ4v) is 0.935. The fraction of sp³-hybridized carbons (Fsp3) is 0.700. The van der Waals surface area contributed by atoms with Crippen LogP contribution in [0.15, 0.2) is 11.6 Å². The molecule has 0 saturated carbocycles. The summed E-state index contributed by atoms with van der Waals surface area (Å²) in [5, 5.41) is 0. The van der Waals surface area contributed by atoms with E-state index in [1.165, 1.54) is 0 Å². The van der Waals surface area contributed by atoms with Crippen LogP contribution in [0.4, 0.5) is 0 Å². The molecule has 0 aliphatic heterocycles. The molecule has 0 N–H and O–H groups in total. The summed E-state index contributed by atoms with van der Waals surface area (Å²) in [6, 6.07) is 0. The van der Waals surface area contributed by atoms with Gasteiger partial charge in [-0.1, -0.05) is 18.9 Å². The highest BCUT2D eigenvalue weighted by atomic mass is 16.6. The average molecular weight is 186 g/mol. The number of hydrogen-bond acceptors (Lipinski definition) is 3. The van der Waals surface area contributed by atoms with Crippen LogP contribution < -0.4 is 0 Å². The Labute approximate surface area is 79.7 Å². The maximum absolute atomic E-state index is 11.0. The molecule has 76 valence electrons. The summed E-state index contributed by atoms with van der Waals surface area (Å²) in [7, 11) is 1.58. The van der Waals surface area contributed by atoms with Crippen LogP contribution in [0.3, 0.4) is 0 Å². The fourth-order valence-electron chi connectivity index (χ4n) is 0.935. The Balaban J connectivity index is 3.65. The Hall–Kier alpha value is -0.830. The summed E-state index contributed by atoms with van der Waals surface area (Å²) in [6.07, 6.45) is 3.53. The summed E-state index contributed by atoms with van der Waals surface area (Å²) in [5.74, 6) is -0.275. The van der Waals surface area contributed by atoms with E-state index in [1.807, 2.05) is 6.92 Å². The van der Waals surface area contributed by atoms with Crippen molar-refractivity contribution in [1.82, 2.24) is 0 Å². The standard InChI is InChI=1S/C10H18O3/c1-4-5-9(2)8-10(11)13-7-6-12-3/h8H,4-7H2,1-3H3. The summed E-state index contributed by atoms with van der Waals surface area (Å²) < 4.78 is 9.61. The molecule has 0 bridgehead atoms. The Kier molecular flexibility index (Phi) is 7.30. The van der Waals surface area contributed by atoms with Crippen LogP contribution in [0.25, 0.3) is 0 Å². The predicted molar refractivity (Wildman–Crippen MR) is 51.5 cm³/mol. The number of methoxy groups -OCH3 is 1. The van der Waals surface area contributed by atoms with Crippen LogP contribution in [-0.4, -0.2) is 26.3 Å². The first-order valence-corrected chi connectivity index (χ1v) is 4.53. The molecule has 0 aliphatic carbocycles. The van der Waals surface area contributed by atoms with Crippen LogP contribution in [-0.2, 0) is 14.3 Å². The molecule has 13 heavy (non-hydrogen) atoms. The topological polar surface area (TPSA) is 35.5 Å². The minimum absolute atomic E-state index is 0.275. The molecule has 0 aromatic carbocycles. The molecule has 0 aliphatic rings. The number of rotatable bonds is 6. The van der Waals surface area contributed by atoms with Crippen LogP contribution >= 0.6 is 0 Å². The summed E-state index contributed by atoms with van der Waals surface area (Å²) in [4.78, 5) is 11.0. The Morgan fingerprint density at radius 2 is 2.08 bits per heavy atom. The van der Waals surface area contributed by atoms with Crippen molar-refractivity contribution in [3.8, 4) is 0 Å². The van der Waals surface area contributed by atoms with Crippen LogP contribution in [0, 0.1) is 0 Å².